The maximum Gasteiger partial charge on any atom is 0.0206 e. The molecule has 0 fully saturated rings. The van der Waals surface area contributed by atoms with Crippen molar-refractivity contribution >= 4 is 0 Å². The minimum Gasteiger partial charge on any atom is -0.330 e. The van der Waals surface area contributed by atoms with E-state index in [0.29, 0.717) is 6.54 Å². The van der Waals surface area contributed by atoms with Gasteiger partial charge in [-0.25, -0.2) is 0 Å². The van der Waals surface area contributed by atoms with E-state index in [1.54, 1.807) is 0 Å². The van der Waals surface area contributed by atoms with Crippen molar-refractivity contribution in [2.24, 2.45) is 11.5 Å². The summed E-state index contributed by atoms with van der Waals surface area (Å²) in [6.45, 7) is 12.1. The Morgan fingerprint density at radius 3 is 2.21 bits per heavy atom. The average Bonchev–Trinajstić information content (AvgIpc) is 2.39. The second-order valence-electron chi connectivity index (χ2n) is 5.70. The summed E-state index contributed by atoms with van der Waals surface area (Å²) in [4.78, 5) is 0. The number of nitrogens with one attached hydrogen (secondary N) is 1. The first-order valence-electron chi connectivity index (χ1n) is 7.16. The predicted molar refractivity (Wildman–Crippen MR) is 85.2 cm³/mol. The molecule has 0 bridgehead atoms. The molecule has 0 spiro atoms. The molecule has 0 saturated heterocycles. The maximum absolute atomic E-state index is 5.43. The summed E-state index contributed by atoms with van der Waals surface area (Å²) < 4.78 is 0. The van der Waals surface area contributed by atoms with Crippen LogP contribution in [0.2, 0.25) is 0 Å². The lowest BCUT2D eigenvalue weighted by Gasteiger charge is -2.19. The second-order valence-corrected chi connectivity index (χ2v) is 5.70. The zero-order chi connectivity index (χ0) is 14.7. The molecule has 1 rings (SSSR count). The van der Waals surface area contributed by atoms with E-state index in [1.165, 1.54) is 11.1 Å². The van der Waals surface area contributed by atoms with E-state index in [4.69, 9.17) is 11.5 Å². The first kappa shape index (κ1) is 18.1. The lowest BCUT2D eigenvalue weighted by molar-refractivity contribution is 0.588. The molecular weight excluding hydrogens is 234 g/mol. The van der Waals surface area contributed by atoms with Crippen molar-refractivity contribution in [1.82, 2.24) is 5.32 Å². The van der Waals surface area contributed by atoms with Crippen molar-refractivity contribution in [1.29, 1.82) is 0 Å². The van der Waals surface area contributed by atoms with Gasteiger partial charge in [0.1, 0.15) is 0 Å². The summed E-state index contributed by atoms with van der Waals surface area (Å²) in [5.41, 5.74) is 13.4. The zero-order valence-corrected chi connectivity index (χ0v) is 13.0. The molecule has 0 heterocycles. The van der Waals surface area contributed by atoms with Crippen molar-refractivity contribution in [2.75, 3.05) is 19.6 Å². The van der Waals surface area contributed by atoms with Crippen molar-refractivity contribution in [2.45, 2.75) is 46.1 Å². The Morgan fingerprint density at radius 1 is 1.11 bits per heavy atom. The molecule has 0 aliphatic carbocycles. The van der Waals surface area contributed by atoms with Crippen molar-refractivity contribution < 1.29 is 0 Å². The van der Waals surface area contributed by atoms with Crippen LogP contribution in [0.25, 0.3) is 0 Å². The topological polar surface area (TPSA) is 64.1 Å². The van der Waals surface area contributed by atoms with Gasteiger partial charge in [0.05, 0.1) is 0 Å². The molecule has 5 N–H and O–H groups in total. The van der Waals surface area contributed by atoms with Crippen molar-refractivity contribution in [3.63, 3.8) is 0 Å². The summed E-state index contributed by atoms with van der Waals surface area (Å²) in [5, 5.41) is 3.31. The molecule has 3 nitrogen and oxygen atoms in total. The van der Waals surface area contributed by atoms with Gasteiger partial charge in [0.2, 0.25) is 0 Å². The first-order valence-corrected chi connectivity index (χ1v) is 7.16. The fourth-order valence-corrected chi connectivity index (χ4v) is 1.48. The highest BCUT2D eigenvalue weighted by Gasteiger charge is 2.13. The van der Waals surface area contributed by atoms with E-state index in [-0.39, 0.29) is 5.41 Å². The molecule has 3 heteroatoms. The third-order valence-corrected chi connectivity index (χ3v) is 2.73. The highest BCUT2D eigenvalue weighted by Crippen LogP contribution is 2.22. The van der Waals surface area contributed by atoms with Crippen LogP contribution in [-0.4, -0.2) is 19.6 Å². The number of hydrogen-bond donors (Lipinski definition) is 3. The minimum absolute atomic E-state index is 0.226. The molecule has 0 atom stereocenters. The Morgan fingerprint density at radius 2 is 1.74 bits per heavy atom. The van der Waals surface area contributed by atoms with Crippen LogP contribution in [0.3, 0.4) is 0 Å². The molecule has 0 aliphatic rings. The van der Waals surface area contributed by atoms with Gasteiger partial charge in [0.15, 0.2) is 0 Å². The Hall–Kier alpha value is -0.900. The number of hydrogen-bond acceptors (Lipinski definition) is 3. The van der Waals surface area contributed by atoms with Crippen LogP contribution in [0.1, 0.15) is 45.2 Å². The fraction of sp³-hybridized carbons (Fsp3) is 0.625. The van der Waals surface area contributed by atoms with Crippen molar-refractivity contribution in [3.05, 3.63) is 35.4 Å². The lowest BCUT2D eigenvalue weighted by atomic mass is 9.86. The van der Waals surface area contributed by atoms with Crippen LogP contribution >= 0.6 is 0 Å². The van der Waals surface area contributed by atoms with Gasteiger partial charge in [0.25, 0.3) is 0 Å². The number of benzene rings is 1. The van der Waals surface area contributed by atoms with Crippen LogP contribution in [-0.2, 0) is 12.0 Å². The highest BCUT2D eigenvalue weighted by molar-refractivity contribution is 5.28. The van der Waals surface area contributed by atoms with Crippen molar-refractivity contribution in [3.8, 4) is 0 Å². The molecule has 0 unspecified atom stereocenters. The first-order chi connectivity index (χ1) is 8.95. The molecule has 0 aliphatic heterocycles. The molecule has 0 radical (unpaired) electrons. The third kappa shape index (κ3) is 8.76. The minimum atomic E-state index is 0.226. The van der Waals surface area contributed by atoms with Crippen LogP contribution in [0, 0.1) is 0 Å². The van der Waals surface area contributed by atoms with Gasteiger partial charge in [-0.2, -0.15) is 0 Å². The zero-order valence-electron chi connectivity index (χ0n) is 13.0. The predicted octanol–water partition coefficient (Wildman–Crippen LogP) is 2.39. The highest BCUT2D eigenvalue weighted by atomic mass is 14.9. The molecule has 1 aromatic carbocycles. The van der Waals surface area contributed by atoms with Crippen LogP contribution in [0.15, 0.2) is 24.3 Å². The van der Waals surface area contributed by atoms with Crippen LogP contribution in [0.4, 0.5) is 0 Å². The molecule has 0 saturated carbocycles. The van der Waals surface area contributed by atoms with E-state index in [0.717, 1.165) is 26.1 Å². The Kier molecular flexibility index (Phi) is 9.48. The van der Waals surface area contributed by atoms with Crippen LogP contribution < -0.4 is 16.8 Å². The molecule has 110 valence electrons. The normalized spacial score (nSPS) is 10.8. The smallest absolute Gasteiger partial charge is 0.0206 e. The quantitative estimate of drug-likeness (QED) is 0.716. The average molecular weight is 265 g/mol. The van der Waals surface area contributed by atoms with Gasteiger partial charge in [-0.05, 0) is 29.5 Å². The largest absolute Gasteiger partial charge is 0.330 e. The summed E-state index contributed by atoms with van der Waals surface area (Å²) in [6, 6.07) is 8.73. The summed E-state index contributed by atoms with van der Waals surface area (Å²) in [5.74, 6) is 0. The van der Waals surface area contributed by atoms with E-state index in [1.807, 2.05) is 0 Å². The molecule has 19 heavy (non-hydrogen) atoms. The van der Waals surface area contributed by atoms with Gasteiger partial charge in [-0.1, -0.05) is 52.0 Å². The molecule has 1 aromatic rings. The summed E-state index contributed by atoms with van der Waals surface area (Å²) in [6.07, 6.45) is 1.10. The van der Waals surface area contributed by atoms with Gasteiger partial charge < -0.3 is 16.8 Å². The number of nitrogens with two attached hydrogens (primary N) is 2. The van der Waals surface area contributed by atoms with E-state index >= 15 is 0 Å². The SMILES string of the molecule is CC(C)(C)c1cccc(CNCCN)c1.CCCN. The Bertz CT molecular complexity index is 327. The molecule has 0 amide bonds. The van der Waals surface area contributed by atoms with Gasteiger partial charge in [-0.15, -0.1) is 0 Å². The molecular formula is C16H31N3. The Labute approximate surface area is 118 Å². The standard InChI is InChI=1S/C13H22N2.C3H9N/c1-13(2,3)12-6-4-5-11(9-12)10-15-8-7-14;1-2-3-4/h4-6,9,15H,7-8,10,14H2,1-3H3;2-4H2,1H3. The summed E-state index contributed by atoms with van der Waals surface area (Å²) in [7, 11) is 0. The third-order valence-electron chi connectivity index (χ3n) is 2.73. The van der Waals surface area contributed by atoms with E-state index in [9.17, 15) is 0 Å². The second kappa shape index (κ2) is 9.96. The van der Waals surface area contributed by atoms with Crippen LogP contribution in [0.5, 0.6) is 0 Å². The summed E-state index contributed by atoms with van der Waals surface area (Å²) >= 11 is 0. The van der Waals surface area contributed by atoms with Gasteiger partial charge >= 0.3 is 0 Å². The molecule has 0 aromatic heterocycles. The van der Waals surface area contributed by atoms with Gasteiger partial charge in [0, 0.05) is 19.6 Å². The van der Waals surface area contributed by atoms with E-state index < -0.39 is 0 Å². The lowest BCUT2D eigenvalue weighted by Crippen LogP contribution is -2.22. The van der Waals surface area contributed by atoms with E-state index in [2.05, 4.69) is 57.3 Å². The monoisotopic (exact) mass is 265 g/mol. The number of rotatable bonds is 5. The Balaban J connectivity index is 0.000000711. The maximum atomic E-state index is 5.43. The van der Waals surface area contributed by atoms with Gasteiger partial charge in [-0.3, -0.25) is 0 Å². The fourth-order valence-electron chi connectivity index (χ4n) is 1.48.